The van der Waals surface area contributed by atoms with Crippen LogP contribution in [0.2, 0.25) is 0 Å². The third kappa shape index (κ3) is 25.7. The quantitative estimate of drug-likeness (QED) is 0.0655. The molecule has 4 fully saturated rings. The average Bonchev–Trinajstić information content (AvgIpc) is 1.62. The number of primary amides is 1. The van der Waals surface area contributed by atoms with Crippen molar-refractivity contribution in [2.24, 2.45) is 11.5 Å². The first-order valence-electron chi connectivity index (χ1n) is 31.4. The zero-order chi connectivity index (χ0) is 75.1. The van der Waals surface area contributed by atoms with Crippen molar-refractivity contribution in [1.29, 1.82) is 0 Å². The van der Waals surface area contributed by atoms with Crippen LogP contribution in [0.3, 0.4) is 0 Å². The zero-order valence-corrected chi connectivity index (χ0v) is 59.4. The second-order valence-corrected chi connectivity index (χ2v) is 32.1. The number of carboxylic acid groups (broad SMARTS) is 2. The van der Waals surface area contributed by atoms with E-state index in [1.807, 2.05) is 0 Å². The van der Waals surface area contributed by atoms with E-state index in [4.69, 9.17) is 11.5 Å². The van der Waals surface area contributed by atoms with Gasteiger partial charge in [-0.05, 0) is 68.5 Å². The molecule has 37 nitrogen and oxygen atoms in total. The predicted molar refractivity (Wildman–Crippen MR) is 372 cm³/mol. The second-order valence-electron chi connectivity index (χ2n) is 23.7. The van der Waals surface area contributed by atoms with Crippen LogP contribution >= 0.6 is 54.0 Å². The summed E-state index contributed by atoms with van der Waals surface area (Å²) in [7, 11) is 0.932. The molecule has 2 aromatic carbocycles. The van der Waals surface area contributed by atoms with E-state index in [1.54, 1.807) is 0 Å². The van der Waals surface area contributed by atoms with Crippen molar-refractivity contribution in [1.82, 2.24) is 68.7 Å². The molecule has 4 aliphatic heterocycles. The summed E-state index contributed by atoms with van der Waals surface area (Å²) in [4.78, 5) is 227. The Morgan fingerprint density at radius 1 is 0.618 bits per heavy atom. The number of fused-ring (bicyclic) bond motifs is 20. The number of aliphatic carboxylic acids is 2. The van der Waals surface area contributed by atoms with E-state index in [2.05, 4.69) is 63.8 Å². The number of rotatable bonds is 13. The largest absolute Gasteiger partial charge is 0.508 e. The molecule has 1 unspecified atom stereocenters. The number of aromatic hydroxyl groups is 2. The number of aliphatic hydroxyl groups excluding tert-OH is 1. The van der Waals surface area contributed by atoms with Crippen LogP contribution in [0.1, 0.15) is 57.1 Å². The fourth-order valence-corrected chi connectivity index (χ4v) is 17.5. The Kier molecular flexibility index (Phi) is 32.1. The fraction of sp³-hybridized carbons (Fsp3) is 0.525. The van der Waals surface area contributed by atoms with Crippen LogP contribution in [-0.2, 0) is 99.4 Å². The molecule has 4 saturated heterocycles. The molecule has 4 bridgehead atoms. The molecule has 6 rings (SSSR count). The summed E-state index contributed by atoms with van der Waals surface area (Å²) < 4.78 is 14.1. The second kappa shape index (κ2) is 39.7. The number of carboxylic acids is 2. The molecule has 4 aliphatic rings. The normalized spacial score (nSPS) is 27.9. The van der Waals surface area contributed by atoms with Crippen molar-refractivity contribution < 1.29 is 106 Å². The highest BCUT2D eigenvalue weighted by Crippen LogP contribution is 2.27. The molecule has 14 amide bonds. The van der Waals surface area contributed by atoms with Gasteiger partial charge in [0.1, 0.15) is 84.0 Å². The Bertz CT molecular complexity index is 3490. The standard InChI is InChI=1S/C59H79N15O22S6/c1-26-47(82)69-40-23-100-98-21-38-52(87)65-33(13-14-45(80)81)49(84)66-34(16-28-5-9-30(76)10-6-28)50(85)71-39(53(88)72-41(24-101-102(96)25-32(60)48(83)70-38)54(89)67-35(18-43(61)78)58(93)74-15-3-4-42(74)56(91)63-26)22-99-97-20-37(64-44(79)19-62-57(92)46(27(2)75)73-55(40)90)51(86)68-36(59(94)95)17-29-7-11-31(77)12-8-29/h5-12,26-27,32-42,46,75-77H,3-4,13-25,60H2,1-2H3,(H2,61,78)(H,62,92)(H,63,91)(H,64,79)(H,65,87)(H,66,84)(H,67,89)(H,68,86)(H,69,82)(H,70,83)(H,71,85)(H,72,88)(H,73,90)(H,80,81)(H,94,95)/t26-,27+,32-,33-,34-,35-,36-,37-,38-,39-,40-,41-,42-,46-,102?/m0/s1. The van der Waals surface area contributed by atoms with Gasteiger partial charge in [0, 0.05) is 54.6 Å². The van der Waals surface area contributed by atoms with Crippen LogP contribution in [0.4, 0.5) is 0 Å². The van der Waals surface area contributed by atoms with Gasteiger partial charge in [0.25, 0.3) is 0 Å². The van der Waals surface area contributed by atoms with Gasteiger partial charge in [-0.1, -0.05) is 78.2 Å². The number of nitrogens with one attached hydrogen (secondary N) is 12. The van der Waals surface area contributed by atoms with Gasteiger partial charge in [0.05, 0.1) is 40.7 Å². The maximum atomic E-state index is 15.1. The van der Waals surface area contributed by atoms with Crippen molar-refractivity contribution in [2.45, 2.75) is 143 Å². The van der Waals surface area contributed by atoms with E-state index < -0.39 is 256 Å². The molecule has 0 radical (unpaired) electrons. The summed E-state index contributed by atoms with van der Waals surface area (Å²) in [6, 6.07) is -12.8. The molecule has 0 aliphatic carbocycles. The van der Waals surface area contributed by atoms with E-state index in [9.17, 15) is 96.9 Å². The summed E-state index contributed by atoms with van der Waals surface area (Å²) in [5, 5.41) is 79.9. The molecule has 558 valence electrons. The molecule has 43 heteroatoms. The summed E-state index contributed by atoms with van der Waals surface area (Å²) >= 11 is 0. The van der Waals surface area contributed by atoms with E-state index in [1.165, 1.54) is 55.5 Å². The number of hydrogen-bond acceptors (Lipinski definition) is 26. The Hall–Kier alpha value is -8.62. The minimum absolute atomic E-state index is 0.0425. The first-order valence-corrected chi connectivity index (χ1v) is 39.2. The van der Waals surface area contributed by atoms with Gasteiger partial charge in [-0.15, -0.1) is 0 Å². The molecule has 0 spiro atoms. The summed E-state index contributed by atoms with van der Waals surface area (Å²) in [6.07, 6.45) is -4.98. The Labute approximate surface area is 603 Å². The minimum Gasteiger partial charge on any atom is -0.508 e. The molecule has 21 N–H and O–H groups in total. The molecule has 15 atom stereocenters. The SMILES string of the molecule is C[C@@H]1NC(=O)[C@@H]2CCCN2C(=O)[C@H](CC(N)=O)NC(=O)[C@@H]2CSS(=O)C[C@H](N)C(=O)N[C@H]3CSSC[C@H](NC1=O)C(=O)N[C@@H]([C@@H](C)O)C(=O)NCC(=O)N[C@H](C(=O)N[C@@H](Cc1ccc(O)cc1)C(=O)O)CSSC[C@H](NC(=O)[C@H](Cc1ccc(O)cc1)NC(=O)[C@H](CCC(=O)O)NC3=O)C(=O)N2. The Morgan fingerprint density at radius 3 is 1.71 bits per heavy atom. The number of nitrogens with two attached hydrogens (primary N) is 2. The molecular weight excluding hydrogens is 1460 g/mol. The lowest BCUT2D eigenvalue weighted by Gasteiger charge is -2.30. The Balaban J connectivity index is 1.57. The van der Waals surface area contributed by atoms with Crippen LogP contribution < -0.4 is 75.3 Å². The van der Waals surface area contributed by atoms with E-state index >= 15 is 9.59 Å². The van der Waals surface area contributed by atoms with E-state index in [0.717, 1.165) is 33.4 Å². The number of hydrogen-bond donors (Lipinski definition) is 19. The molecule has 0 saturated carbocycles. The van der Waals surface area contributed by atoms with Gasteiger partial charge in [-0.3, -0.25) is 71.9 Å². The number of phenols is 2. The van der Waals surface area contributed by atoms with Crippen LogP contribution in [0.15, 0.2) is 48.5 Å². The number of phenolic OH excluding ortho intramolecular Hbond substituents is 2. The highest BCUT2D eigenvalue weighted by Gasteiger charge is 2.42. The van der Waals surface area contributed by atoms with E-state index in [-0.39, 0.29) is 42.9 Å². The fourth-order valence-electron chi connectivity index (χ4n) is 10.1. The topological polar surface area (TPSA) is 591 Å². The maximum Gasteiger partial charge on any atom is 0.326 e. The average molecular weight is 1540 g/mol. The third-order valence-electron chi connectivity index (χ3n) is 15.7. The van der Waals surface area contributed by atoms with Crippen molar-refractivity contribution in [2.75, 3.05) is 47.6 Å². The lowest BCUT2D eigenvalue weighted by atomic mass is 10.0. The summed E-state index contributed by atoms with van der Waals surface area (Å²) in [5.41, 5.74) is 12.5. The first kappa shape index (κ1) is 82.3. The van der Waals surface area contributed by atoms with Gasteiger partial charge in [-0.2, -0.15) is 0 Å². The third-order valence-corrected chi connectivity index (χ3v) is 23.5. The van der Waals surface area contributed by atoms with Gasteiger partial charge >= 0.3 is 11.9 Å². The number of nitrogens with zero attached hydrogens (tertiary/aromatic N) is 1. The number of carbonyl (C=O) groups is 16. The Morgan fingerprint density at radius 2 is 1.13 bits per heavy atom. The minimum atomic E-state index is -2.34. The highest BCUT2D eigenvalue weighted by molar-refractivity contribution is 8.77. The molecule has 2 aromatic rings. The van der Waals surface area contributed by atoms with E-state index in [0.29, 0.717) is 37.9 Å². The lowest BCUT2D eigenvalue weighted by molar-refractivity contribution is -0.143. The highest BCUT2D eigenvalue weighted by atomic mass is 33.1. The monoisotopic (exact) mass is 1540 g/mol. The van der Waals surface area contributed by atoms with Crippen LogP contribution in [0, 0.1) is 0 Å². The van der Waals surface area contributed by atoms with Crippen molar-refractivity contribution in [3.05, 3.63) is 59.7 Å². The van der Waals surface area contributed by atoms with Crippen LogP contribution in [0.5, 0.6) is 11.5 Å². The van der Waals surface area contributed by atoms with Crippen LogP contribution in [0.25, 0.3) is 0 Å². The smallest absolute Gasteiger partial charge is 0.326 e. The number of benzene rings is 2. The molecule has 0 aromatic heterocycles. The van der Waals surface area contributed by atoms with Gasteiger partial charge in [-0.25, -0.2) is 9.00 Å². The van der Waals surface area contributed by atoms with Gasteiger partial charge in [0.15, 0.2) is 0 Å². The molecular formula is C59H79N15O22S6. The number of carbonyl (C=O) groups excluding carboxylic acids is 14. The van der Waals surface area contributed by atoms with Crippen molar-refractivity contribution in [3.63, 3.8) is 0 Å². The van der Waals surface area contributed by atoms with Crippen molar-refractivity contribution in [3.8, 4) is 11.5 Å². The zero-order valence-electron chi connectivity index (χ0n) is 54.5. The summed E-state index contributed by atoms with van der Waals surface area (Å²) in [5.74, 6) is -23.5. The number of amides is 14. The number of aliphatic hydroxyl groups is 1. The predicted octanol–water partition coefficient (Wildman–Crippen LogP) is -6.92. The van der Waals surface area contributed by atoms with Gasteiger partial charge < -0.3 is 106 Å². The first-order chi connectivity index (χ1) is 48.3. The summed E-state index contributed by atoms with van der Waals surface area (Å²) in [6.45, 7) is 1.09. The van der Waals surface area contributed by atoms with Crippen LogP contribution in [-0.4, -0.2) is 262 Å². The molecule has 4 heterocycles. The van der Waals surface area contributed by atoms with Gasteiger partial charge in [0.2, 0.25) is 82.7 Å². The van der Waals surface area contributed by atoms with Crippen molar-refractivity contribution >= 4 is 158 Å². The maximum absolute atomic E-state index is 15.1. The molecule has 102 heavy (non-hydrogen) atoms. The lowest BCUT2D eigenvalue weighted by Crippen LogP contribution is -2.62.